The zero-order chi connectivity index (χ0) is 15.0. The van der Waals surface area contributed by atoms with Crippen molar-refractivity contribution in [2.75, 3.05) is 13.2 Å². The number of rotatable bonds is 3. The maximum Gasteiger partial charge on any atom is 0.353 e. The van der Waals surface area contributed by atoms with Crippen LogP contribution in [-0.4, -0.2) is 34.5 Å². The van der Waals surface area contributed by atoms with Crippen LogP contribution in [0.15, 0.2) is 18.2 Å². The maximum absolute atomic E-state index is 11.0. The molecular weight excluding hydrogens is 272 g/mol. The van der Waals surface area contributed by atoms with E-state index in [2.05, 4.69) is 24.0 Å². The summed E-state index contributed by atoms with van der Waals surface area (Å²) < 4.78 is 11.2. The van der Waals surface area contributed by atoms with Crippen LogP contribution in [0.4, 0.5) is 0 Å². The number of ether oxygens (including phenoxy) is 2. The van der Waals surface area contributed by atoms with Gasteiger partial charge in [0.1, 0.15) is 18.9 Å². The predicted molar refractivity (Wildman–Crippen MR) is 76.1 cm³/mol. The Balaban J connectivity index is 2.12. The Kier molecular flexibility index (Phi) is 3.29. The summed E-state index contributed by atoms with van der Waals surface area (Å²) in [6, 6.07) is 5.34. The normalized spacial score (nSPS) is 13.5. The van der Waals surface area contributed by atoms with Gasteiger partial charge in [-0.1, -0.05) is 13.8 Å². The standard InChI is InChI=1S/C15H16N2O4/c1-8(2)9-5-13-14(21-4-3-20-13)6-10(9)11-7-12(15(18)19)17-16-11/h5-8H,3-4H2,1-2H3,(H,16,17)(H,18,19). The summed E-state index contributed by atoms with van der Waals surface area (Å²) in [6.07, 6.45) is 0. The summed E-state index contributed by atoms with van der Waals surface area (Å²) >= 11 is 0. The maximum atomic E-state index is 11.0. The summed E-state index contributed by atoms with van der Waals surface area (Å²) in [5.74, 6) is 0.612. The van der Waals surface area contributed by atoms with Gasteiger partial charge in [-0.25, -0.2) is 4.79 Å². The molecule has 0 radical (unpaired) electrons. The number of aromatic amines is 1. The zero-order valence-electron chi connectivity index (χ0n) is 11.8. The van der Waals surface area contributed by atoms with Gasteiger partial charge in [0.25, 0.3) is 0 Å². The third-order valence-electron chi connectivity index (χ3n) is 3.42. The highest BCUT2D eigenvalue weighted by molar-refractivity contribution is 5.87. The SMILES string of the molecule is CC(C)c1cc2c(cc1-c1cc(C(=O)O)[nH]n1)OCCO2. The average Bonchev–Trinajstić information content (AvgIpc) is 2.95. The van der Waals surface area contributed by atoms with E-state index in [9.17, 15) is 4.79 Å². The molecule has 1 aromatic heterocycles. The molecule has 1 aliphatic heterocycles. The summed E-state index contributed by atoms with van der Waals surface area (Å²) in [7, 11) is 0. The molecule has 2 N–H and O–H groups in total. The van der Waals surface area contributed by atoms with E-state index in [0.717, 1.165) is 16.9 Å². The fourth-order valence-electron chi connectivity index (χ4n) is 2.37. The molecule has 0 saturated heterocycles. The van der Waals surface area contributed by atoms with Crippen molar-refractivity contribution in [3.05, 3.63) is 29.5 Å². The van der Waals surface area contributed by atoms with Gasteiger partial charge in [0.15, 0.2) is 11.5 Å². The van der Waals surface area contributed by atoms with Crippen LogP contribution in [0.3, 0.4) is 0 Å². The molecule has 0 saturated carbocycles. The summed E-state index contributed by atoms with van der Waals surface area (Å²) in [6.45, 7) is 5.18. The highest BCUT2D eigenvalue weighted by Crippen LogP contribution is 2.39. The van der Waals surface area contributed by atoms with E-state index < -0.39 is 5.97 Å². The van der Waals surface area contributed by atoms with Crippen molar-refractivity contribution < 1.29 is 19.4 Å². The van der Waals surface area contributed by atoms with Crippen LogP contribution < -0.4 is 9.47 Å². The molecule has 1 aliphatic rings. The van der Waals surface area contributed by atoms with Gasteiger partial charge in [0.2, 0.25) is 0 Å². The molecule has 110 valence electrons. The van der Waals surface area contributed by atoms with E-state index in [1.807, 2.05) is 12.1 Å². The minimum absolute atomic E-state index is 0.0644. The van der Waals surface area contributed by atoms with Crippen molar-refractivity contribution in [3.8, 4) is 22.8 Å². The number of hydrogen-bond acceptors (Lipinski definition) is 4. The number of aromatic nitrogens is 2. The van der Waals surface area contributed by atoms with Crippen LogP contribution in [0, 0.1) is 0 Å². The van der Waals surface area contributed by atoms with Gasteiger partial charge in [-0.15, -0.1) is 0 Å². The van der Waals surface area contributed by atoms with E-state index in [0.29, 0.717) is 24.7 Å². The largest absolute Gasteiger partial charge is 0.486 e. The number of carbonyl (C=O) groups is 1. The molecule has 6 heteroatoms. The Morgan fingerprint density at radius 1 is 1.24 bits per heavy atom. The minimum Gasteiger partial charge on any atom is -0.486 e. The van der Waals surface area contributed by atoms with Crippen molar-refractivity contribution in [2.24, 2.45) is 0 Å². The number of nitrogens with one attached hydrogen (secondary N) is 1. The second-order valence-corrected chi connectivity index (χ2v) is 5.21. The van der Waals surface area contributed by atoms with Crippen molar-refractivity contribution >= 4 is 5.97 Å². The first kappa shape index (κ1) is 13.5. The van der Waals surface area contributed by atoms with Crippen LogP contribution in [0.1, 0.15) is 35.8 Å². The number of carboxylic acids is 1. The predicted octanol–water partition coefficient (Wildman–Crippen LogP) is 2.67. The molecule has 0 fully saturated rings. The molecule has 0 spiro atoms. The molecule has 2 heterocycles. The minimum atomic E-state index is -1.03. The fraction of sp³-hybridized carbons (Fsp3) is 0.333. The first-order valence-electron chi connectivity index (χ1n) is 6.79. The number of carboxylic acid groups (broad SMARTS) is 1. The number of hydrogen-bond donors (Lipinski definition) is 2. The zero-order valence-corrected chi connectivity index (χ0v) is 11.8. The molecule has 1 aromatic carbocycles. The first-order chi connectivity index (χ1) is 10.1. The average molecular weight is 288 g/mol. The third-order valence-corrected chi connectivity index (χ3v) is 3.42. The Morgan fingerprint density at radius 3 is 2.48 bits per heavy atom. The lowest BCUT2D eigenvalue weighted by molar-refractivity contribution is 0.0690. The Hall–Kier alpha value is -2.50. The monoisotopic (exact) mass is 288 g/mol. The van der Waals surface area contributed by atoms with Crippen LogP contribution in [0.25, 0.3) is 11.3 Å². The molecular formula is C15H16N2O4. The fourth-order valence-corrected chi connectivity index (χ4v) is 2.37. The lowest BCUT2D eigenvalue weighted by atomic mass is 9.94. The molecule has 3 rings (SSSR count). The number of aromatic carboxylic acids is 1. The first-order valence-corrected chi connectivity index (χ1v) is 6.79. The van der Waals surface area contributed by atoms with Gasteiger partial charge in [-0.2, -0.15) is 5.10 Å². The highest BCUT2D eigenvalue weighted by Gasteiger charge is 2.20. The number of fused-ring (bicyclic) bond motifs is 1. The van der Waals surface area contributed by atoms with Crippen LogP contribution >= 0.6 is 0 Å². The molecule has 6 nitrogen and oxygen atoms in total. The van der Waals surface area contributed by atoms with Gasteiger partial charge >= 0.3 is 5.97 Å². The van der Waals surface area contributed by atoms with E-state index in [1.54, 1.807) is 0 Å². The Labute approximate surface area is 121 Å². The topological polar surface area (TPSA) is 84.4 Å². The smallest absolute Gasteiger partial charge is 0.353 e. The highest BCUT2D eigenvalue weighted by atomic mass is 16.6. The van der Waals surface area contributed by atoms with E-state index in [1.165, 1.54) is 6.07 Å². The number of nitrogens with zero attached hydrogens (tertiary/aromatic N) is 1. The van der Waals surface area contributed by atoms with Gasteiger partial charge in [-0.05, 0) is 29.7 Å². The van der Waals surface area contributed by atoms with Crippen molar-refractivity contribution in [1.29, 1.82) is 0 Å². The molecule has 0 bridgehead atoms. The quantitative estimate of drug-likeness (QED) is 0.907. The lowest BCUT2D eigenvalue weighted by Crippen LogP contribution is -2.16. The summed E-state index contributed by atoms with van der Waals surface area (Å²) in [5, 5.41) is 15.6. The van der Waals surface area contributed by atoms with Crippen LogP contribution in [0.2, 0.25) is 0 Å². The molecule has 2 aromatic rings. The van der Waals surface area contributed by atoms with E-state index in [4.69, 9.17) is 14.6 Å². The Morgan fingerprint density at radius 2 is 1.90 bits per heavy atom. The Bertz CT molecular complexity index is 691. The van der Waals surface area contributed by atoms with Crippen LogP contribution in [0.5, 0.6) is 11.5 Å². The molecule has 0 unspecified atom stereocenters. The second-order valence-electron chi connectivity index (χ2n) is 5.21. The van der Waals surface area contributed by atoms with Gasteiger partial charge in [0, 0.05) is 5.56 Å². The van der Waals surface area contributed by atoms with Crippen molar-refractivity contribution in [3.63, 3.8) is 0 Å². The lowest BCUT2D eigenvalue weighted by Gasteiger charge is -2.22. The summed E-state index contributed by atoms with van der Waals surface area (Å²) in [4.78, 5) is 11.0. The molecule has 0 aliphatic carbocycles. The third kappa shape index (κ3) is 2.44. The van der Waals surface area contributed by atoms with Crippen molar-refractivity contribution in [1.82, 2.24) is 10.2 Å². The van der Waals surface area contributed by atoms with E-state index >= 15 is 0 Å². The number of benzene rings is 1. The molecule has 0 amide bonds. The van der Waals surface area contributed by atoms with Gasteiger partial charge < -0.3 is 14.6 Å². The van der Waals surface area contributed by atoms with Crippen molar-refractivity contribution in [2.45, 2.75) is 19.8 Å². The van der Waals surface area contributed by atoms with Gasteiger partial charge in [0.05, 0.1) is 5.69 Å². The van der Waals surface area contributed by atoms with Gasteiger partial charge in [-0.3, -0.25) is 5.10 Å². The van der Waals surface area contributed by atoms with Crippen LogP contribution in [-0.2, 0) is 0 Å². The van der Waals surface area contributed by atoms with E-state index in [-0.39, 0.29) is 11.6 Å². The molecule has 0 atom stereocenters. The number of H-pyrrole nitrogens is 1. The second kappa shape index (κ2) is 5.12. The molecule has 21 heavy (non-hydrogen) atoms. The summed E-state index contributed by atoms with van der Waals surface area (Å²) in [5.41, 5.74) is 2.56.